The minimum atomic E-state index is -3.65. The van der Waals surface area contributed by atoms with Crippen LogP contribution in [-0.4, -0.2) is 37.3 Å². The lowest BCUT2D eigenvalue weighted by Gasteiger charge is -2.25. The molecule has 1 saturated carbocycles. The van der Waals surface area contributed by atoms with Crippen molar-refractivity contribution in [2.75, 3.05) is 6.54 Å². The van der Waals surface area contributed by atoms with Crippen LogP contribution >= 0.6 is 0 Å². The summed E-state index contributed by atoms with van der Waals surface area (Å²) in [5.74, 6) is -0.143. The maximum absolute atomic E-state index is 13.1. The topological polar surface area (TPSA) is 66.5 Å². The molecule has 0 bridgehead atoms. The van der Waals surface area contributed by atoms with Gasteiger partial charge in [-0.3, -0.25) is 4.79 Å². The van der Waals surface area contributed by atoms with Crippen molar-refractivity contribution in [3.63, 3.8) is 0 Å². The summed E-state index contributed by atoms with van der Waals surface area (Å²) in [4.78, 5) is 12.7. The summed E-state index contributed by atoms with van der Waals surface area (Å²) in [6.07, 6.45) is 3.33. The van der Waals surface area contributed by atoms with Gasteiger partial charge in [-0.25, -0.2) is 8.42 Å². The van der Waals surface area contributed by atoms with E-state index in [-0.39, 0.29) is 11.9 Å². The van der Waals surface area contributed by atoms with Gasteiger partial charge >= 0.3 is 0 Å². The fourth-order valence-electron chi connectivity index (χ4n) is 3.51. The Morgan fingerprint density at radius 2 is 1.74 bits per heavy atom. The number of amides is 1. The van der Waals surface area contributed by atoms with E-state index in [4.69, 9.17) is 0 Å². The van der Waals surface area contributed by atoms with Crippen LogP contribution in [0.5, 0.6) is 0 Å². The quantitative estimate of drug-likeness (QED) is 0.915. The zero-order chi connectivity index (χ0) is 16.8. The highest BCUT2D eigenvalue weighted by Gasteiger charge is 2.41. The van der Waals surface area contributed by atoms with Crippen molar-refractivity contribution in [2.45, 2.75) is 63.4 Å². The molecule has 1 amide bonds. The van der Waals surface area contributed by atoms with Crippen molar-refractivity contribution in [1.82, 2.24) is 9.62 Å². The summed E-state index contributed by atoms with van der Waals surface area (Å²) in [7, 11) is -3.65. The van der Waals surface area contributed by atoms with Crippen LogP contribution in [0.3, 0.4) is 0 Å². The molecule has 5 nitrogen and oxygen atoms in total. The summed E-state index contributed by atoms with van der Waals surface area (Å²) >= 11 is 0. The molecule has 2 aliphatic rings. The first-order valence-electron chi connectivity index (χ1n) is 8.21. The first-order chi connectivity index (χ1) is 10.8. The van der Waals surface area contributed by atoms with E-state index in [1.165, 1.54) is 4.31 Å². The van der Waals surface area contributed by atoms with Crippen molar-refractivity contribution in [1.29, 1.82) is 0 Å². The molecule has 1 N–H and O–H groups in total. The van der Waals surface area contributed by atoms with Gasteiger partial charge in [0.1, 0.15) is 6.04 Å². The lowest BCUT2D eigenvalue weighted by atomic mass is 10.1. The Kier molecular flexibility index (Phi) is 4.23. The van der Waals surface area contributed by atoms with Crippen LogP contribution in [-0.2, 0) is 14.8 Å². The molecule has 0 unspecified atom stereocenters. The van der Waals surface area contributed by atoms with Crippen LogP contribution in [0.15, 0.2) is 17.0 Å². The fraction of sp³-hybridized carbons (Fsp3) is 0.588. The molecule has 1 aromatic carbocycles. The van der Waals surface area contributed by atoms with Gasteiger partial charge in [-0.05, 0) is 57.6 Å². The minimum Gasteiger partial charge on any atom is -0.352 e. The molecule has 0 radical (unpaired) electrons. The summed E-state index contributed by atoms with van der Waals surface area (Å²) in [6, 6.07) is 3.45. The Morgan fingerprint density at radius 1 is 1.13 bits per heavy atom. The second-order valence-electron chi connectivity index (χ2n) is 6.78. The Hall–Kier alpha value is -1.40. The molecular formula is C17H24N2O3S. The molecule has 2 fully saturated rings. The number of hydrogen-bond acceptors (Lipinski definition) is 3. The standard InChI is InChI=1S/C17H24N2O3S/c1-11-9-12(2)16(13(3)10-11)23(21,22)19-8-4-5-15(19)17(20)18-14-6-7-14/h9-10,14-15H,4-8H2,1-3H3,(H,18,20)/t15-/m0/s1. The first-order valence-corrected chi connectivity index (χ1v) is 9.65. The van der Waals surface area contributed by atoms with Crippen molar-refractivity contribution >= 4 is 15.9 Å². The van der Waals surface area contributed by atoms with Crippen molar-refractivity contribution in [3.05, 3.63) is 28.8 Å². The number of aryl methyl sites for hydroxylation is 3. The molecule has 0 spiro atoms. The van der Waals surface area contributed by atoms with E-state index in [2.05, 4.69) is 5.32 Å². The third kappa shape index (κ3) is 3.15. The number of hydrogen-bond donors (Lipinski definition) is 1. The van der Waals surface area contributed by atoms with E-state index in [9.17, 15) is 13.2 Å². The van der Waals surface area contributed by atoms with E-state index < -0.39 is 16.1 Å². The zero-order valence-electron chi connectivity index (χ0n) is 13.9. The van der Waals surface area contributed by atoms with Crippen LogP contribution in [0.2, 0.25) is 0 Å². The van der Waals surface area contributed by atoms with Gasteiger partial charge in [0.2, 0.25) is 15.9 Å². The zero-order valence-corrected chi connectivity index (χ0v) is 14.7. The van der Waals surface area contributed by atoms with Crippen molar-refractivity contribution < 1.29 is 13.2 Å². The van der Waals surface area contributed by atoms with E-state index in [0.29, 0.717) is 17.9 Å². The number of sulfonamides is 1. The molecule has 1 aromatic rings. The Morgan fingerprint density at radius 3 is 2.30 bits per heavy atom. The van der Waals surface area contributed by atoms with Crippen LogP contribution in [0.1, 0.15) is 42.4 Å². The lowest BCUT2D eigenvalue weighted by molar-refractivity contribution is -0.124. The van der Waals surface area contributed by atoms with Crippen LogP contribution in [0, 0.1) is 20.8 Å². The average Bonchev–Trinajstić information content (AvgIpc) is 3.09. The van der Waals surface area contributed by atoms with E-state index >= 15 is 0 Å². The van der Waals surface area contributed by atoms with E-state index in [1.54, 1.807) is 0 Å². The number of rotatable bonds is 4. The van der Waals surface area contributed by atoms with Gasteiger partial charge in [-0.15, -0.1) is 0 Å². The van der Waals surface area contributed by atoms with Gasteiger partial charge in [0.25, 0.3) is 0 Å². The van der Waals surface area contributed by atoms with Gasteiger partial charge in [-0.2, -0.15) is 4.31 Å². The molecule has 1 saturated heterocycles. The van der Waals surface area contributed by atoms with Gasteiger partial charge in [0, 0.05) is 12.6 Å². The number of benzene rings is 1. The number of nitrogens with one attached hydrogen (secondary N) is 1. The normalized spacial score (nSPS) is 22.3. The fourth-order valence-corrected chi connectivity index (χ4v) is 5.58. The summed E-state index contributed by atoms with van der Waals surface area (Å²) < 4.78 is 27.7. The Bertz CT molecular complexity index is 715. The van der Waals surface area contributed by atoms with Gasteiger partial charge in [-0.1, -0.05) is 17.7 Å². The number of carbonyl (C=O) groups excluding carboxylic acids is 1. The van der Waals surface area contributed by atoms with Crippen molar-refractivity contribution in [3.8, 4) is 0 Å². The van der Waals surface area contributed by atoms with Gasteiger partial charge < -0.3 is 5.32 Å². The largest absolute Gasteiger partial charge is 0.352 e. The summed E-state index contributed by atoms with van der Waals surface area (Å²) in [5, 5.41) is 2.94. The number of nitrogens with zero attached hydrogens (tertiary/aromatic N) is 1. The Labute approximate surface area is 138 Å². The average molecular weight is 336 g/mol. The highest BCUT2D eigenvalue weighted by atomic mass is 32.2. The third-order valence-electron chi connectivity index (χ3n) is 4.60. The molecular weight excluding hydrogens is 312 g/mol. The molecule has 23 heavy (non-hydrogen) atoms. The number of carbonyl (C=O) groups is 1. The molecule has 1 aliphatic heterocycles. The lowest BCUT2D eigenvalue weighted by Crippen LogP contribution is -2.46. The Balaban J connectivity index is 1.93. The second-order valence-corrected chi connectivity index (χ2v) is 8.61. The van der Waals surface area contributed by atoms with Crippen molar-refractivity contribution in [2.24, 2.45) is 0 Å². The maximum atomic E-state index is 13.1. The SMILES string of the molecule is Cc1cc(C)c(S(=O)(=O)N2CCC[C@H]2C(=O)NC2CC2)c(C)c1. The predicted molar refractivity (Wildman–Crippen MR) is 88.7 cm³/mol. The van der Waals surface area contributed by atoms with Crippen LogP contribution < -0.4 is 5.32 Å². The second kappa shape index (κ2) is 5.91. The summed E-state index contributed by atoms with van der Waals surface area (Å²) in [6.45, 7) is 6.01. The van der Waals surface area contributed by atoms with E-state index in [1.807, 2.05) is 32.9 Å². The van der Waals surface area contributed by atoms with Gasteiger partial charge in [0.05, 0.1) is 4.90 Å². The highest BCUT2D eigenvalue weighted by Crippen LogP contribution is 2.31. The third-order valence-corrected chi connectivity index (χ3v) is 6.82. The van der Waals surface area contributed by atoms with Crippen LogP contribution in [0.25, 0.3) is 0 Å². The maximum Gasteiger partial charge on any atom is 0.244 e. The molecule has 1 heterocycles. The molecule has 1 aliphatic carbocycles. The molecule has 126 valence electrons. The molecule has 0 aromatic heterocycles. The highest BCUT2D eigenvalue weighted by molar-refractivity contribution is 7.89. The van der Waals surface area contributed by atoms with E-state index in [0.717, 1.165) is 36.0 Å². The van der Waals surface area contributed by atoms with Gasteiger partial charge in [0.15, 0.2) is 0 Å². The molecule has 3 rings (SSSR count). The monoisotopic (exact) mass is 336 g/mol. The minimum absolute atomic E-state index is 0.143. The molecule has 6 heteroatoms. The smallest absolute Gasteiger partial charge is 0.244 e. The molecule has 1 atom stereocenters. The summed E-state index contributed by atoms with van der Waals surface area (Å²) in [5.41, 5.74) is 2.54. The van der Waals surface area contributed by atoms with Crippen LogP contribution in [0.4, 0.5) is 0 Å². The first kappa shape index (κ1) is 16.5. The predicted octanol–water partition coefficient (Wildman–Crippen LogP) is 2.04.